The van der Waals surface area contributed by atoms with E-state index in [1.54, 1.807) is 30.3 Å². The van der Waals surface area contributed by atoms with Crippen molar-refractivity contribution in [3.05, 3.63) is 98.0 Å². The number of non-ortho nitro benzene ring substituents is 2. The number of rotatable bonds is 7. The molecule has 0 bridgehead atoms. The lowest BCUT2D eigenvalue weighted by atomic mass is 10.1. The first-order valence-electron chi connectivity index (χ1n) is 9.20. The molecule has 0 aliphatic rings. The summed E-state index contributed by atoms with van der Waals surface area (Å²) in [6, 6.07) is 12.2. The number of nitro groups is 2. The number of hydrogen-bond donors (Lipinski definition) is 3. The van der Waals surface area contributed by atoms with Crippen molar-refractivity contribution in [2.45, 2.75) is 6.54 Å². The van der Waals surface area contributed by atoms with Crippen LogP contribution in [0.1, 0.15) is 26.5 Å². The van der Waals surface area contributed by atoms with Crippen LogP contribution in [0.15, 0.2) is 65.3 Å². The molecule has 1 heterocycles. The first-order valence-corrected chi connectivity index (χ1v) is 9.60. The zero-order chi connectivity index (χ0) is 24.0. The summed E-state index contributed by atoms with van der Waals surface area (Å²) in [7, 11) is 0. The van der Waals surface area contributed by atoms with E-state index in [4.69, 9.17) is 16.6 Å². The van der Waals surface area contributed by atoms with Gasteiger partial charge in [0.1, 0.15) is 5.76 Å². The first kappa shape index (κ1) is 23.0. The molecule has 168 valence electrons. The van der Waals surface area contributed by atoms with E-state index in [0.717, 1.165) is 18.2 Å². The lowest BCUT2D eigenvalue weighted by Gasteiger charge is -2.11. The van der Waals surface area contributed by atoms with E-state index in [-0.39, 0.29) is 23.1 Å². The second-order valence-corrected chi connectivity index (χ2v) is 6.91. The van der Waals surface area contributed by atoms with Crippen LogP contribution in [0.25, 0.3) is 0 Å². The number of amides is 2. The minimum atomic E-state index is -0.883. The van der Waals surface area contributed by atoms with Gasteiger partial charge in [-0.3, -0.25) is 35.1 Å². The van der Waals surface area contributed by atoms with Crippen molar-refractivity contribution >= 4 is 46.2 Å². The molecule has 33 heavy (non-hydrogen) atoms. The molecule has 1 aromatic heterocycles. The molecule has 12 nitrogen and oxygen atoms in total. The molecule has 0 unspecified atom stereocenters. The third-order valence-electron chi connectivity index (χ3n) is 4.20. The van der Waals surface area contributed by atoms with E-state index in [0.29, 0.717) is 17.0 Å². The second kappa shape index (κ2) is 10.1. The van der Waals surface area contributed by atoms with Gasteiger partial charge in [0.2, 0.25) is 0 Å². The number of benzene rings is 2. The van der Waals surface area contributed by atoms with Crippen molar-refractivity contribution in [1.82, 2.24) is 10.6 Å². The Morgan fingerprint density at radius 2 is 1.61 bits per heavy atom. The summed E-state index contributed by atoms with van der Waals surface area (Å²) in [6.07, 6.45) is 1.49. The Labute approximate surface area is 190 Å². The smallest absolute Gasteiger partial charge is 0.277 e. The Bertz CT molecular complexity index is 1210. The van der Waals surface area contributed by atoms with Gasteiger partial charge in [-0.05, 0) is 42.5 Å². The van der Waals surface area contributed by atoms with Gasteiger partial charge in [-0.1, -0.05) is 6.07 Å². The maximum atomic E-state index is 12.4. The van der Waals surface area contributed by atoms with E-state index in [1.807, 2.05) is 0 Å². The van der Waals surface area contributed by atoms with Crippen LogP contribution in [-0.2, 0) is 6.54 Å². The number of anilines is 1. The highest BCUT2D eigenvalue weighted by Crippen LogP contribution is 2.22. The number of thiocarbonyl (C=S) groups is 1. The Morgan fingerprint density at radius 3 is 2.21 bits per heavy atom. The van der Waals surface area contributed by atoms with Gasteiger partial charge in [-0.2, -0.15) is 0 Å². The van der Waals surface area contributed by atoms with Crippen molar-refractivity contribution in [2.24, 2.45) is 0 Å². The second-order valence-electron chi connectivity index (χ2n) is 6.50. The first-order chi connectivity index (χ1) is 15.7. The average Bonchev–Trinajstić information content (AvgIpc) is 3.30. The van der Waals surface area contributed by atoms with Gasteiger partial charge in [0.15, 0.2) is 5.11 Å². The van der Waals surface area contributed by atoms with E-state index in [9.17, 15) is 29.8 Å². The number of furan rings is 1. The van der Waals surface area contributed by atoms with Crippen LogP contribution >= 0.6 is 12.2 Å². The van der Waals surface area contributed by atoms with Crippen LogP contribution in [0.3, 0.4) is 0 Å². The highest BCUT2D eigenvalue weighted by atomic mass is 32.1. The summed E-state index contributed by atoms with van der Waals surface area (Å²) in [5.74, 6) is -0.663. The van der Waals surface area contributed by atoms with Crippen molar-refractivity contribution < 1.29 is 23.9 Å². The fourth-order valence-corrected chi connectivity index (χ4v) is 2.91. The minimum absolute atomic E-state index is 0.178. The Balaban J connectivity index is 1.65. The molecule has 0 saturated heterocycles. The number of nitrogens with zero attached hydrogens (tertiary/aromatic N) is 2. The van der Waals surface area contributed by atoms with Gasteiger partial charge in [-0.25, -0.2) is 0 Å². The Hall–Kier alpha value is -4.65. The monoisotopic (exact) mass is 469 g/mol. The summed E-state index contributed by atoms with van der Waals surface area (Å²) in [5.41, 5.74) is -0.833. The fourth-order valence-electron chi connectivity index (χ4n) is 2.70. The average molecular weight is 469 g/mol. The number of nitrogens with one attached hydrogen (secondary N) is 3. The van der Waals surface area contributed by atoms with Gasteiger partial charge in [0.05, 0.1) is 34.3 Å². The minimum Gasteiger partial charge on any atom is -0.467 e. The fraction of sp³-hybridized carbons (Fsp3) is 0.0500. The highest BCUT2D eigenvalue weighted by Gasteiger charge is 2.20. The molecule has 0 aliphatic carbocycles. The van der Waals surface area contributed by atoms with Crippen LogP contribution in [0.2, 0.25) is 0 Å². The summed E-state index contributed by atoms with van der Waals surface area (Å²) in [4.78, 5) is 45.0. The number of nitro benzene ring substituents is 2. The molecule has 0 aliphatic heterocycles. The van der Waals surface area contributed by atoms with Crippen molar-refractivity contribution in [3.63, 3.8) is 0 Å². The van der Waals surface area contributed by atoms with E-state index in [1.165, 1.54) is 12.3 Å². The molecule has 13 heteroatoms. The highest BCUT2D eigenvalue weighted by molar-refractivity contribution is 7.80. The lowest BCUT2D eigenvalue weighted by molar-refractivity contribution is -0.394. The Kier molecular flexibility index (Phi) is 7.05. The van der Waals surface area contributed by atoms with E-state index >= 15 is 0 Å². The largest absolute Gasteiger partial charge is 0.467 e. The predicted molar refractivity (Wildman–Crippen MR) is 120 cm³/mol. The summed E-state index contributed by atoms with van der Waals surface area (Å²) < 4.78 is 5.15. The molecule has 2 amide bonds. The van der Waals surface area contributed by atoms with Crippen molar-refractivity contribution in [2.75, 3.05) is 5.32 Å². The van der Waals surface area contributed by atoms with Gasteiger partial charge in [0, 0.05) is 23.4 Å². The number of carbonyl (C=O) groups is 2. The lowest BCUT2D eigenvalue weighted by Crippen LogP contribution is -2.34. The number of carbonyl (C=O) groups excluding carboxylic acids is 2. The molecule has 3 N–H and O–H groups in total. The third-order valence-corrected chi connectivity index (χ3v) is 4.40. The maximum Gasteiger partial charge on any atom is 0.277 e. The van der Waals surface area contributed by atoms with Crippen LogP contribution < -0.4 is 16.0 Å². The standard InChI is InChI=1S/C20H15N5O7S/c26-18(21-11-17-5-2-6-32-17)12-3-1-4-14(7-12)22-20(33)23-19(27)13-8-15(24(28)29)10-16(9-13)25(30)31/h1-10H,11H2,(H,21,26)(H2,22,23,27,33). The molecular weight excluding hydrogens is 454 g/mol. The molecule has 3 rings (SSSR count). The zero-order valence-electron chi connectivity index (χ0n) is 16.6. The van der Waals surface area contributed by atoms with Gasteiger partial charge in [-0.15, -0.1) is 0 Å². The summed E-state index contributed by atoms with van der Waals surface area (Å²) in [5, 5.41) is 29.5. The van der Waals surface area contributed by atoms with E-state index in [2.05, 4.69) is 16.0 Å². The van der Waals surface area contributed by atoms with Crippen LogP contribution in [0, 0.1) is 20.2 Å². The molecule has 0 saturated carbocycles. The summed E-state index contributed by atoms with van der Waals surface area (Å²) >= 11 is 5.07. The predicted octanol–water partition coefficient (Wildman–Crippen LogP) is 3.15. The quantitative estimate of drug-likeness (QED) is 0.267. The Morgan fingerprint density at radius 1 is 0.909 bits per heavy atom. The van der Waals surface area contributed by atoms with Crippen LogP contribution in [-0.4, -0.2) is 26.8 Å². The van der Waals surface area contributed by atoms with Crippen molar-refractivity contribution in [3.8, 4) is 0 Å². The van der Waals surface area contributed by atoms with Crippen molar-refractivity contribution in [1.29, 1.82) is 0 Å². The zero-order valence-corrected chi connectivity index (χ0v) is 17.5. The SMILES string of the molecule is O=C(NCc1ccco1)c1cccc(NC(=S)NC(=O)c2cc([N+](=O)[O-])cc([N+](=O)[O-])c2)c1. The molecule has 0 spiro atoms. The molecule has 3 aromatic rings. The van der Waals surface area contributed by atoms with Gasteiger partial charge < -0.3 is 15.1 Å². The molecular formula is C20H15N5O7S. The molecule has 0 radical (unpaired) electrons. The topological polar surface area (TPSA) is 170 Å². The number of hydrogen-bond acceptors (Lipinski definition) is 8. The molecule has 0 atom stereocenters. The normalized spacial score (nSPS) is 10.2. The maximum absolute atomic E-state index is 12.4. The van der Waals surface area contributed by atoms with Gasteiger partial charge in [0.25, 0.3) is 23.2 Å². The summed E-state index contributed by atoms with van der Waals surface area (Å²) in [6.45, 7) is 0.202. The van der Waals surface area contributed by atoms with Crippen LogP contribution in [0.5, 0.6) is 0 Å². The third kappa shape index (κ3) is 6.18. The molecule has 2 aromatic carbocycles. The van der Waals surface area contributed by atoms with Crippen LogP contribution in [0.4, 0.5) is 17.1 Å². The molecule has 0 fully saturated rings. The van der Waals surface area contributed by atoms with Gasteiger partial charge >= 0.3 is 0 Å². The van der Waals surface area contributed by atoms with E-state index < -0.39 is 27.1 Å².